The third-order valence-corrected chi connectivity index (χ3v) is 4.99. The van der Waals surface area contributed by atoms with Gasteiger partial charge in [-0.1, -0.05) is 17.7 Å². The Labute approximate surface area is 123 Å². The Balaban J connectivity index is 1.84. The van der Waals surface area contributed by atoms with E-state index in [4.69, 9.17) is 16.3 Å². The molecule has 0 aromatic heterocycles. The molecule has 108 valence electrons. The monoisotopic (exact) mass is 295 g/mol. The van der Waals surface area contributed by atoms with Crippen molar-refractivity contribution in [3.8, 4) is 5.75 Å². The van der Waals surface area contributed by atoms with Crippen LogP contribution in [-0.2, 0) is 11.3 Å². The Hall–Kier alpha value is -1.26. The molecule has 2 heterocycles. The first-order valence-electron chi connectivity index (χ1n) is 6.91. The molecular formula is C15H18ClNO3. The lowest BCUT2D eigenvalue weighted by Crippen LogP contribution is -2.32. The van der Waals surface area contributed by atoms with Crippen LogP contribution < -0.4 is 4.74 Å². The average Bonchev–Trinajstić information content (AvgIpc) is 2.98. The molecule has 2 saturated heterocycles. The van der Waals surface area contributed by atoms with Gasteiger partial charge < -0.3 is 9.84 Å². The van der Waals surface area contributed by atoms with Crippen molar-refractivity contribution in [2.45, 2.75) is 37.9 Å². The Morgan fingerprint density at radius 3 is 2.95 bits per heavy atom. The van der Waals surface area contributed by atoms with Crippen LogP contribution in [-0.4, -0.2) is 35.2 Å². The highest BCUT2D eigenvalue weighted by Gasteiger charge is 2.49. The van der Waals surface area contributed by atoms with Gasteiger partial charge in [-0.3, -0.25) is 9.69 Å². The summed E-state index contributed by atoms with van der Waals surface area (Å²) < 4.78 is 5.37. The minimum absolute atomic E-state index is 0.137. The Morgan fingerprint density at radius 1 is 1.50 bits per heavy atom. The van der Waals surface area contributed by atoms with E-state index in [0.29, 0.717) is 17.6 Å². The summed E-state index contributed by atoms with van der Waals surface area (Å²) in [5.74, 6) is -0.133. The summed E-state index contributed by atoms with van der Waals surface area (Å²) in [5.41, 5.74) is 0.958. The minimum atomic E-state index is -0.673. The van der Waals surface area contributed by atoms with E-state index in [2.05, 4.69) is 4.90 Å². The molecule has 3 unspecified atom stereocenters. The van der Waals surface area contributed by atoms with Crippen LogP contribution in [0.5, 0.6) is 5.75 Å². The second-order valence-corrected chi connectivity index (χ2v) is 5.98. The number of fused-ring (bicyclic) bond motifs is 2. The molecule has 4 nitrogen and oxygen atoms in total. The fraction of sp³-hybridized carbons (Fsp3) is 0.533. The molecule has 0 radical (unpaired) electrons. The van der Waals surface area contributed by atoms with E-state index in [1.54, 1.807) is 7.11 Å². The van der Waals surface area contributed by atoms with Crippen molar-refractivity contribution in [1.82, 2.24) is 4.90 Å². The van der Waals surface area contributed by atoms with Crippen molar-refractivity contribution in [3.63, 3.8) is 0 Å². The van der Waals surface area contributed by atoms with Gasteiger partial charge in [-0.25, -0.2) is 0 Å². The number of ether oxygens (including phenoxy) is 1. The SMILES string of the molecule is COc1cccc(Cl)c1CN1C2CCC1C(C(=O)O)C2. The van der Waals surface area contributed by atoms with Crippen LogP contribution in [0.2, 0.25) is 5.02 Å². The summed E-state index contributed by atoms with van der Waals surface area (Å²) in [7, 11) is 1.63. The summed E-state index contributed by atoms with van der Waals surface area (Å²) in [6.07, 6.45) is 2.81. The predicted octanol–water partition coefficient (Wildman–Crippen LogP) is 2.79. The maximum absolute atomic E-state index is 11.3. The third-order valence-electron chi connectivity index (χ3n) is 4.63. The first-order chi connectivity index (χ1) is 9.61. The number of hydrogen-bond donors (Lipinski definition) is 1. The van der Waals surface area contributed by atoms with E-state index in [1.165, 1.54) is 0 Å². The van der Waals surface area contributed by atoms with Gasteiger partial charge in [-0.05, 0) is 31.4 Å². The number of methoxy groups -OCH3 is 1. The van der Waals surface area contributed by atoms with E-state index < -0.39 is 5.97 Å². The molecule has 2 bridgehead atoms. The number of benzene rings is 1. The Bertz CT molecular complexity index is 534. The standard InChI is InChI=1S/C15H18ClNO3/c1-20-14-4-2-3-12(16)11(14)8-17-9-5-6-13(17)10(7-9)15(18)19/h2-4,9-10,13H,5-8H2,1H3,(H,18,19). The predicted molar refractivity (Wildman–Crippen MR) is 76.1 cm³/mol. The van der Waals surface area contributed by atoms with Crippen LogP contribution in [0, 0.1) is 5.92 Å². The van der Waals surface area contributed by atoms with Crippen LogP contribution in [0.3, 0.4) is 0 Å². The van der Waals surface area contributed by atoms with Crippen molar-refractivity contribution in [1.29, 1.82) is 0 Å². The van der Waals surface area contributed by atoms with Gasteiger partial charge in [-0.15, -0.1) is 0 Å². The van der Waals surface area contributed by atoms with Crippen LogP contribution in [0.25, 0.3) is 0 Å². The molecule has 5 heteroatoms. The third kappa shape index (κ3) is 2.17. The molecule has 0 spiro atoms. The van der Waals surface area contributed by atoms with Crippen LogP contribution in [0.4, 0.5) is 0 Å². The molecular weight excluding hydrogens is 278 g/mol. The van der Waals surface area contributed by atoms with Crippen molar-refractivity contribution in [3.05, 3.63) is 28.8 Å². The number of hydrogen-bond acceptors (Lipinski definition) is 3. The Morgan fingerprint density at radius 2 is 2.30 bits per heavy atom. The maximum atomic E-state index is 11.3. The van der Waals surface area contributed by atoms with E-state index in [0.717, 1.165) is 30.6 Å². The summed E-state index contributed by atoms with van der Waals surface area (Å²) in [6.45, 7) is 0.669. The molecule has 1 N–H and O–H groups in total. The van der Waals surface area contributed by atoms with Crippen LogP contribution >= 0.6 is 11.6 Å². The molecule has 1 aromatic rings. The smallest absolute Gasteiger partial charge is 0.308 e. The van der Waals surface area contributed by atoms with Crippen molar-refractivity contribution >= 4 is 17.6 Å². The van der Waals surface area contributed by atoms with Gasteiger partial charge in [0.15, 0.2) is 0 Å². The average molecular weight is 296 g/mol. The molecule has 2 aliphatic rings. The topological polar surface area (TPSA) is 49.8 Å². The van der Waals surface area contributed by atoms with Gasteiger partial charge in [0.2, 0.25) is 0 Å². The summed E-state index contributed by atoms with van der Waals surface area (Å²) in [4.78, 5) is 13.6. The van der Waals surface area contributed by atoms with E-state index >= 15 is 0 Å². The lowest BCUT2D eigenvalue weighted by Gasteiger charge is -2.24. The summed E-state index contributed by atoms with van der Waals surface area (Å²) in [5, 5.41) is 9.98. The van der Waals surface area contributed by atoms with Gasteiger partial charge in [0.05, 0.1) is 13.0 Å². The number of carboxylic acid groups (broad SMARTS) is 1. The molecule has 1 aromatic carbocycles. The highest BCUT2D eigenvalue weighted by atomic mass is 35.5. The van der Waals surface area contributed by atoms with E-state index in [1.807, 2.05) is 18.2 Å². The largest absolute Gasteiger partial charge is 0.496 e. The molecule has 0 amide bonds. The van der Waals surface area contributed by atoms with Gasteiger partial charge in [-0.2, -0.15) is 0 Å². The van der Waals surface area contributed by atoms with E-state index in [9.17, 15) is 9.90 Å². The zero-order valence-electron chi connectivity index (χ0n) is 11.4. The second kappa shape index (κ2) is 5.26. The molecule has 20 heavy (non-hydrogen) atoms. The van der Waals surface area contributed by atoms with Crippen molar-refractivity contribution < 1.29 is 14.6 Å². The quantitative estimate of drug-likeness (QED) is 0.928. The normalized spacial score (nSPS) is 28.8. The zero-order valence-corrected chi connectivity index (χ0v) is 12.1. The van der Waals surface area contributed by atoms with Gasteiger partial charge in [0, 0.05) is 29.2 Å². The summed E-state index contributed by atoms with van der Waals surface area (Å²) in [6, 6.07) is 6.11. The maximum Gasteiger partial charge on any atom is 0.308 e. The van der Waals surface area contributed by atoms with Crippen molar-refractivity contribution in [2.75, 3.05) is 7.11 Å². The second-order valence-electron chi connectivity index (χ2n) is 5.57. The van der Waals surface area contributed by atoms with Gasteiger partial charge in [0.25, 0.3) is 0 Å². The molecule has 3 rings (SSSR count). The van der Waals surface area contributed by atoms with E-state index in [-0.39, 0.29) is 12.0 Å². The fourth-order valence-corrected chi connectivity index (χ4v) is 3.90. The fourth-order valence-electron chi connectivity index (χ4n) is 3.68. The molecule has 2 aliphatic heterocycles. The molecule has 0 aliphatic carbocycles. The number of carbonyl (C=O) groups is 1. The lowest BCUT2D eigenvalue weighted by atomic mass is 9.89. The summed E-state index contributed by atoms with van der Waals surface area (Å²) >= 11 is 6.28. The Kier molecular flexibility index (Phi) is 3.61. The highest BCUT2D eigenvalue weighted by molar-refractivity contribution is 6.31. The number of carboxylic acids is 1. The zero-order chi connectivity index (χ0) is 14.3. The number of halogens is 1. The van der Waals surface area contributed by atoms with Gasteiger partial charge >= 0.3 is 5.97 Å². The minimum Gasteiger partial charge on any atom is -0.496 e. The molecule has 2 fully saturated rings. The molecule has 3 atom stereocenters. The highest BCUT2D eigenvalue weighted by Crippen LogP contribution is 2.44. The first-order valence-corrected chi connectivity index (χ1v) is 7.29. The van der Waals surface area contributed by atoms with Gasteiger partial charge in [0.1, 0.15) is 5.75 Å². The lowest BCUT2D eigenvalue weighted by molar-refractivity contribution is -0.142. The van der Waals surface area contributed by atoms with Crippen molar-refractivity contribution in [2.24, 2.45) is 5.92 Å². The number of aliphatic carboxylic acids is 1. The number of nitrogens with zero attached hydrogens (tertiary/aromatic N) is 1. The van der Waals surface area contributed by atoms with Crippen LogP contribution in [0.1, 0.15) is 24.8 Å². The first kappa shape index (κ1) is 13.7. The van der Waals surface area contributed by atoms with Crippen LogP contribution in [0.15, 0.2) is 18.2 Å². The number of rotatable bonds is 4. The molecule has 0 saturated carbocycles.